The van der Waals surface area contributed by atoms with Crippen LogP contribution in [0.15, 0.2) is 41.8 Å². The Labute approximate surface area is 97.1 Å². The topological polar surface area (TPSA) is 46.2 Å². The molecule has 3 nitrogen and oxygen atoms in total. The van der Waals surface area contributed by atoms with Gasteiger partial charge in [0.05, 0.1) is 10.6 Å². The van der Waals surface area contributed by atoms with Crippen molar-refractivity contribution in [2.24, 2.45) is 0 Å². The molecule has 0 saturated carbocycles. The molecule has 1 aromatic rings. The number of aryl methyl sites for hydroxylation is 1. The molecule has 0 saturated heterocycles. The van der Waals surface area contributed by atoms with Crippen molar-refractivity contribution in [3.8, 4) is 0 Å². The zero-order valence-electron chi connectivity index (χ0n) is 9.44. The highest BCUT2D eigenvalue weighted by atomic mass is 32.2. The summed E-state index contributed by atoms with van der Waals surface area (Å²) in [5.74, 6) is 0.115. The Bertz CT molecular complexity index is 435. The Morgan fingerprint density at radius 3 is 2.50 bits per heavy atom. The van der Waals surface area contributed by atoms with Crippen LogP contribution in [0, 0.1) is 6.92 Å². The Hall–Kier alpha value is -1.13. The first-order valence-electron chi connectivity index (χ1n) is 5.17. The summed E-state index contributed by atoms with van der Waals surface area (Å²) in [5, 5.41) is 2.98. The van der Waals surface area contributed by atoms with Gasteiger partial charge in [-0.25, -0.2) is 8.42 Å². The Balaban J connectivity index is 2.63. The van der Waals surface area contributed by atoms with Crippen LogP contribution in [0.5, 0.6) is 0 Å². The van der Waals surface area contributed by atoms with Crippen molar-refractivity contribution >= 4 is 9.84 Å². The van der Waals surface area contributed by atoms with Gasteiger partial charge in [-0.2, -0.15) is 0 Å². The lowest BCUT2D eigenvalue weighted by atomic mass is 10.2. The quantitative estimate of drug-likeness (QED) is 0.605. The smallest absolute Gasteiger partial charge is 0.179 e. The zero-order valence-corrected chi connectivity index (χ0v) is 10.3. The molecular formula is C12H17NO2S. The van der Waals surface area contributed by atoms with Gasteiger partial charge in [0.25, 0.3) is 0 Å². The first-order valence-corrected chi connectivity index (χ1v) is 6.82. The average Bonchev–Trinajstić information content (AvgIpc) is 2.25. The molecule has 0 aliphatic heterocycles. The normalized spacial score (nSPS) is 11.3. The molecule has 0 aliphatic rings. The molecule has 88 valence electrons. The van der Waals surface area contributed by atoms with Crippen LogP contribution in [-0.2, 0) is 9.84 Å². The first kappa shape index (κ1) is 12.9. The van der Waals surface area contributed by atoms with Crippen LogP contribution in [0.2, 0.25) is 0 Å². The van der Waals surface area contributed by atoms with Gasteiger partial charge in [0.1, 0.15) is 0 Å². The second-order valence-electron chi connectivity index (χ2n) is 3.62. The molecule has 0 aliphatic carbocycles. The molecule has 1 rings (SSSR count). The minimum absolute atomic E-state index is 0.115. The molecule has 0 amide bonds. The molecule has 0 spiro atoms. The molecule has 0 heterocycles. The van der Waals surface area contributed by atoms with Crippen LogP contribution in [-0.4, -0.2) is 27.3 Å². The number of nitrogens with one attached hydrogen (secondary N) is 1. The number of sulfone groups is 1. The van der Waals surface area contributed by atoms with Gasteiger partial charge in [-0.15, -0.1) is 6.58 Å². The van der Waals surface area contributed by atoms with Crippen molar-refractivity contribution < 1.29 is 8.42 Å². The summed E-state index contributed by atoms with van der Waals surface area (Å²) in [7, 11) is -3.15. The molecule has 4 heteroatoms. The fraction of sp³-hybridized carbons (Fsp3) is 0.333. The number of hydrogen-bond donors (Lipinski definition) is 1. The SMILES string of the molecule is C=CCNCCS(=O)(=O)c1ccc(C)cc1. The summed E-state index contributed by atoms with van der Waals surface area (Å²) in [4.78, 5) is 0.388. The molecule has 1 aromatic carbocycles. The maximum Gasteiger partial charge on any atom is 0.179 e. The minimum Gasteiger partial charge on any atom is -0.312 e. The number of benzene rings is 1. The van der Waals surface area contributed by atoms with E-state index >= 15 is 0 Å². The highest BCUT2D eigenvalue weighted by Crippen LogP contribution is 2.11. The van der Waals surface area contributed by atoms with Crippen LogP contribution < -0.4 is 5.32 Å². The van der Waals surface area contributed by atoms with Gasteiger partial charge in [-0.05, 0) is 19.1 Å². The Morgan fingerprint density at radius 1 is 1.31 bits per heavy atom. The predicted octanol–water partition coefficient (Wildman–Crippen LogP) is 1.54. The average molecular weight is 239 g/mol. The number of rotatable bonds is 6. The highest BCUT2D eigenvalue weighted by Gasteiger charge is 2.12. The van der Waals surface area contributed by atoms with E-state index in [0.29, 0.717) is 18.0 Å². The third-order valence-electron chi connectivity index (χ3n) is 2.22. The van der Waals surface area contributed by atoms with Crippen molar-refractivity contribution in [3.63, 3.8) is 0 Å². The molecule has 0 aromatic heterocycles. The molecule has 1 N–H and O–H groups in total. The van der Waals surface area contributed by atoms with Crippen molar-refractivity contribution in [1.82, 2.24) is 5.32 Å². The van der Waals surface area contributed by atoms with Crippen molar-refractivity contribution in [1.29, 1.82) is 0 Å². The Kier molecular flexibility index (Phi) is 4.71. The maximum absolute atomic E-state index is 11.8. The van der Waals surface area contributed by atoms with Crippen LogP contribution in [0.4, 0.5) is 0 Å². The van der Waals surface area contributed by atoms with E-state index in [2.05, 4.69) is 11.9 Å². The molecule has 0 radical (unpaired) electrons. The third kappa shape index (κ3) is 3.79. The van der Waals surface area contributed by atoms with Gasteiger partial charge >= 0.3 is 0 Å². The standard InChI is InChI=1S/C12H17NO2S/c1-3-8-13-9-10-16(14,15)12-6-4-11(2)5-7-12/h3-7,13H,1,8-10H2,2H3. The monoisotopic (exact) mass is 239 g/mol. The van der Waals surface area contributed by atoms with E-state index in [-0.39, 0.29) is 5.75 Å². The lowest BCUT2D eigenvalue weighted by molar-refractivity contribution is 0.592. The highest BCUT2D eigenvalue weighted by molar-refractivity contribution is 7.91. The number of hydrogen-bond acceptors (Lipinski definition) is 3. The largest absolute Gasteiger partial charge is 0.312 e. The third-order valence-corrected chi connectivity index (χ3v) is 3.95. The summed E-state index contributed by atoms with van der Waals surface area (Å²) in [6.45, 7) is 6.56. The zero-order chi connectivity index (χ0) is 12.0. The first-order chi connectivity index (χ1) is 7.56. The lowest BCUT2D eigenvalue weighted by Crippen LogP contribution is -2.23. The van der Waals surface area contributed by atoms with Gasteiger partial charge in [0.2, 0.25) is 0 Å². The predicted molar refractivity (Wildman–Crippen MR) is 66.3 cm³/mol. The van der Waals surface area contributed by atoms with E-state index in [1.807, 2.05) is 19.1 Å². The van der Waals surface area contributed by atoms with E-state index in [1.54, 1.807) is 18.2 Å². The van der Waals surface area contributed by atoms with Crippen LogP contribution >= 0.6 is 0 Å². The fourth-order valence-corrected chi connectivity index (χ4v) is 2.47. The van der Waals surface area contributed by atoms with E-state index in [0.717, 1.165) is 5.56 Å². The summed E-state index contributed by atoms with van der Waals surface area (Å²) in [6, 6.07) is 6.92. The van der Waals surface area contributed by atoms with Crippen LogP contribution in [0.1, 0.15) is 5.56 Å². The van der Waals surface area contributed by atoms with Gasteiger partial charge in [0.15, 0.2) is 9.84 Å². The molecule has 0 bridgehead atoms. The van der Waals surface area contributed by atoms with Gasteiger partial charge in [-0.1, -0.05) is 23.8 Å². The molecule has 0 atom stereocenters. The van der Waals surface area contributed by atoms with E-state index < -0.39 is 9.84 Å². The van der Waals surface area contributed by atoms with E-state index in [9.17, 15) is 8.42 Å². The van der Waals surface area contributed by atoms with Crippen LogP contribution in [0.3, 0.4) is 0 Å². The van der Waals surface area contributed by atoms with Crippen molar-refractivity contribution in [2.45, 2.75) is 11.8 Å². The maximum atomic E-state index is 11.8. The molecule has 0 unspecified atom stereocenters. The molecule has 0 fully saturated rings. The van der Waals surface area contributed by atoms with Gasteiger partial charge < -0.3 is 5.32 Å². The summed E-state index contributed by atoms with van der Waals surface area (Å²) >= 11 is 0. The summed E-state index contributed by atoms with van der Waals surface area (Å²) < 4.78 is 23.7. The second kappa shape index (κ2) is 5.82. The molecule has 16 heavy (non-hydrogen) atoms. The summed E-state index contributed by atoms with van der Waals surface area (Å²) in [6.07, 6.45) is 1.71. The lowest BCUT2D eigenvalue weighted by Gasteiger charge is -2.05. The van der Waals surface area contributed by atoms with E-state index in [1.165, 1.54) is 0 Å². The van der Waals surface area contributed by atoms with E-state index in [4.69, 9.17) is 0 Å². The van der Waals surface area contributed by atoms with Crippen molar-refractivity contribution in [3.05, 3.63) is 42.5 Å². The molecular weight excluding hydrogens is 222 g/mol. The van der Waals surface area contributed by atoms with Crippen LogP contribution in [0.25, 0.3) is 0 Å². The Morgan fingerprint density at radius 2 is 1.94 bits per heavy atom. The fourth-order valence-electron chi connectivity index (χ4n) is 1.27. The minimum atomic E-state index is -3.15. The van der Waals surface area contributed by atoms with Gasteiger partial charge in [0, 0.05) is 13.1 Å². The summed E-state index contributed by atoms with van der Waals surface area (Å²) in [5.41, 5.74) is 1.06. The second-order valence-corrected chi connectivity index (χ2v) is 5.73. The van der Waals surface area contributed by atoms with Gasteiger partial charge in [-0.3, -0.25) is 0 Å². The van der Waals surface area contributed by atoms with Crippen molar-refractivity contribution in [2.75, 3.05) is 18.8 Å².